The van der Waals surface area contributed by atoms with Crippen molar-refractivity contribution in [3.8, 4) is 0 Å². The van der Waals surface area contributed by atoms with Crippen molar-refractivity contribution in [3.05, 3.63) is 40.4 Å². The van der Waals surface area contributed by atoms with Gasteiger partial charge in [-0.15, -0.1) is 0 Å². The first-order chi connectivity index (χ1) is 6.61. The fourth-order valence-corrected chi connectivity index (χ4v) is 0.922. The van der Waals surface area contributed by atoms with E-state index in [9.17, 15) is 14.9 Å². The van der Waals surface area contributed by atoms with Crippen LogP contribution in [0.2, 0.25) is 0 Å². The van der Waals surface area contributed by atoms with Crippen LogP contribution in [0.25, 0.3) is 0 Å². The number of hydrogen-bond acceptors (Lipinski definition) is 3. The summed E-state index contributed by atoms with van der Waals surface area (Å²) in [6.07, 6.45) is 0. The van der Waals surface area contributed by atoms with Gasteiger partial charge in [-0.2, -0.15) is 0 Å². The lowest BCUT2D eigenvalue weighted by molar-refractivity contribution is -0.527. The molecule has 0 bridgehead atoms. The van der Waals surface area contributed by atoms with Gasteiger partial charge in [0.05, 0.1) is 0 Å². The molecule has 0 spiro atoms. The lowest BCUT2D eigenvalue weighted by atomic mass is 10.3. The van der Waals surface area contributed by atoms with Crippen molar-refractivity contribution in [3.63, 3.8) is 0 Å². The van der Waals surface area contributed by atoms with E-state index >= 15 is 0 Å². The number of nitrogens with zero attached hydrogens (tertiary/aromatic N) is 2. The molecule has 1 N–H and O–H groups in total. The third-order valence-electron chi connectivity index (χ3n) is 1.64. The molecular formula is C8H9N3O3. The number of carbonyl (C=O) groups is 1. The van der Waals surface area contributed by atoms with Gasteiger partial charge >= 0.3 is 6.03 Å². The maximum atomic E-state index is 11.1. The predicted molar refractivity (Wildman–Crippen MR) is 50.4 cm³/mol. The number of anilines is 1. The number of amides is 2. The highest BCUT2D eigenvalue weighted by molar-refractivity contribution is 5.90. The molecule has 0 radical (unpaired) electrons. The van der Waals surface area contributed by atoms with Crippen LogP contribution in [0, 0.1) is 10.1 Å². The Morgan fingerprint density at radius 1 is 1.43 bits per heavy atom. The van der Waals surface area contributed by atoms with Crippen LogP contribution >= 0.6 is 0 Å². The summed E-state index contributed by atoms with van der Waals surface area (Å²) in [5.41, 5.74) is 2.14. The molecule has 14 heavy (non-hydrogen) atoms. The third kappa shape index (κ3) is 2.44. The molecule has 0 aromatic heterocycles. The Bertz CT molecular complexity index is 339. The van der Waals surface area contributed by atoms with Crippen LogP contribution in [-0.2, 0) is 0 Å². The van der Waals surface area contributed by atoms with E-state index in [1.165, 1.54) is 7.05 Å². The number of rotatable bonds is 2. The van der Waals surface area contributed by atoms with Crippen LogP contribution in [0.15, 0.2) is 30.3 Å². The van der Waals surface area contributed by atoms with E-state index in [-0.39, 0.29) is 0 Å². The van der Waals surface area contributed by atoms with E-state index in [1.807, 2.05) is 0 Å². The molecule has 1 aromatic rings. The van der Waals surface area contributed by atoms with Crippen molar-refractivity contribution >= 4 is 11.7 Å². The Morgan fingerprint density at radius 2 is 2.00 bits per heavy atom. The summed E-state index contributed by atoms with van der Waals surface area (Å²) in [5, 5.41) is 9.11. The molecule has 0 saturated heterocycles. The first kappa shape index (κ1) is 9.97. The molecule has 1 rings (SSSR count). The number of para-hydroxylation sites is 1. The molecule has 6 heteroatoms. The summed E-state index contributed by atoms with van der Waals surface area (Å²) in [6.45, 7) is 0. The zero-order valence-corrected chi connectivity index (χ0v) is 7.51. The largest absolute Gasteiger partial charge is 0.379 e. The van der Waals surface area contributed by atoms with Gasteiger partial charge in [0.2, 0.25) is 0 Å². The maximum Gasteiger partial charge on any atom is 0.379 e. The molecule has 74 valence electrons. The lowest BCUT2D eigenvalue weighted by Crippen LogP contribution is -2.40. The molecule has 0 saturated carbocycles. The molecule has 0 unspecified atom stereocenters. The summed E-state index contributed by atoms with van der Waals surface area (Å²) in [5.74, 6) is 0. The van der Waals surface area contributed by atoms with E-state index in [4.69, 9.17) is 0 Å². The van der Waals surface area contributed by atoms with Crippen molar-refractivity contribution in [2.24, 2.45) is 0 Å². The third-order valence-corrected chi connectivity index (χ3v) is 1.64. The fraction of sp³-hybridized carbons (Fsp3) is 0.125. The van der Waals surface area contributed by atoms with Gasteiger partial charge in [-0.1, -0.05) is 18.2 Å². The van der Waals surface area contributed by atoms with Gasteiger partial charge < -0.3 is 0 Å². The number of benzene rings is 1. The van der Waals surface area contributed by atoms with Gasteiger partial charge in [-0.3, -0.25) is 4.90 Å². The normalized spacial score (nSPS) is 9.21. The number of nitrogens with one attached hydrogen (secondary N) is 1. The van der Waals surface area contributed by atoms with Gasteiger partial charge in [-0.25, -0.2) is 14.9 Å². The van der Waals surface area contributed by atoms with Gasteiger partial charge in [0.25, 0.3) is 0 Å². The van der Waals surface area contributed by atoms with Crippen molar-refractivity contribution < 1.29 is 9.83 Å². The number of carbonyl (C=O) groups excluding carboxylic acids is 1. The Labute approximate surface area is 80.3 Å². The molecule has 0 atom stereocenters. The van der Waals surface area contributed by atoms with Gasteiger partial charge in [0.1, 0.15) is 0 Å². The molecule has 2 amide bonds. The number of hydrazine groups is 1. The van der Waals surface area contributed by atoms with Crippen molar-refractivity contribution in [2.45, 2.75) is 0 Å². The summed E-state index contributed by atoms with van der Waals surface area (Å²) < 4.78 is 0. The van der Waals surface area contributed by atoms with Crippen molar-refractivity contribution in [1.82, 2.24) is 5.43 Å². The Balaban J connectivity index is 2.71. The first-order valence-corrected chi connectivity index (χ1v) is 3.85. The van der Waals surface area contributed by atoms with Crippen LogP contribution < -0.4 is 10.3 Å². The Morgan fingerprint density at radius 3 is 2.50 bits per heavy atom. The maximum absolute atomic E-state index is 11.1. The number of nitro groups is 1. The first-order valence-electron chi connectivity index (χ1n) is 3.85. The molecule has 0 aliphatic heterocycles. The quantitative estimate of drug-likeness (QED) is 0.565. The van der Waals surface area contributed by atoms with Crippen LogP contribution in [0.1, 0.15) is 0 Å². The summed E-state index contributed by atoms with van der Waals surface area (Å²) in [7, 11) is 1.45. The molecule has 6 nitrogen and oxygen atoms in total. The van der Waals surface area contributed by atoms with E-state index < -0.39 is 11.1 Å². The standard InChI is InChI=1S/C8H9N3O3/c1-10(8(12)9-11(13)14)7-5-3-2-4-6-7/h2-6H,1H3,(H,9,12). The highest BCUT2D eigenvalue weighted by atomic mass is 16.7. The average Bonchev–Trinajstić information content (AvgIpc) is 2.17. The number of urea groups is 1. The van der Waals surface area contributed by atoms with E-state index in [2.05, 4.69) is 0 Å². The second-order valence-electron chi connectivity index (χ2n) is 2.57. The van der Waals surface area contributed by atoms with Crippen molar-refractivity contribution in [2.75, 3.05) is 11.9 Å². The van der Waals surface area contributed by atoms with Gasteiger partial charge in [0.15, 0.2) is 5.03 Å². The van der Waals surface area contributed by atoms with E-state index in [1.54, 1.807) is 35.8 Å². The SMILES string of the molecule is CN(C(=O)N[N+](=O)[O-])c1ccccc1. The second-order valence-corrected chi connectivity index (χ2v) is 2.57. The van der Waals surface area contributed by atoms with Crippen LogP contribution in [0.4, 0.5) is 10.5 Å². The minimum absolute atomic E-state index is 0.590. The fourth-order valence-electron chi connectivity index (χ4n) is 0.922. The van der Waals surface area contributed by atoms with Crippen LogP contribution in [0.5, 0.6) is 0 Å². The molecule has 1 aromatic carbocycles. The molecule has 0 fully saturated rings. The summed E-state index contributed by atoms with van der Waals surface area (Å²) in [4.78, 5) is 22.3. The van der Waals surface area contributed by atoms with E-state index in [0.29, 0.717) is 5.69 Å². The minimum Gasteiger partial charge on any atom is -0.293 e. The monoisotopic (exact) mass is 195 g/mol. The zero-order valence-electron chi connectivity index (χ0n) is 7.51. The lowest BCUT2D eigenvalue weighted by Gasteiger charge is -2.13. The van der Waals surface area contributed by atoms with Gasteiger partial charge in [-0.05, 0) is 17.6 Å². The van der Waals surface area contributed by atoms with Gasteiger partial charge in [0, 0.05) is 12.7 Å². The molecular weight excluding hydrogens is 186 g/mol. The predicted octanol–water partition coefficient (Wildman–Crippen LogP) is 1.02. The zero-order chi connectivity index (χ0) is 10.6. The van der Waals surface area contributed by atoms with E-state index in [0.717, 1.165) is 4.90 Å². The van der Waals surface area contributed by atoms with Crippen molar-refractivity contribution in [1.29, 1.82) is 0 Å². The topological polar surface area (TPSA) is 75.5 Å². The Kier molecular flexibility index (Phi) is 3.01. The minimum atomic E-state index is -0.887. The summed E-state index contributed by atoms with van der Waals surface area (Å²) in [6, 6.07) is 7.86. The highest BCUT2D eigenvalue weighted by Gasteiger charge is 2.14. The molecule has 0 aliphatic rings. The molecule has 0 heterocycles. The number of hydrogen-bond donors (Lipinski definition) is 1. The average molecular weight is 195 g/mol. The summed E-state index contributed by atoms with van der Waals surface area (Å²) >= 11 is 0. The second kappa shape index (κ2) is 4.22. The smallest absolute Gasteiger partial charge is 0.293 e. The van der Waals surface area contributed by atoms with Crippen LogP contribution in [0.3, 0.4) is 0 Å². The Hall–Kier alpha value is -2.11. The van der Waals surface area contributed by atoms with Crippen LogP contribution in [-0.4, -0.2) is 18.1 Å². The highest BCUT2D eigenvalue weighted by Crippen LogP contribution is 2.10. The molecule has 0 aliphatic carbocycles.